The number of fused-ring (bicyclic) bond motifs is 1. The first-order chi connectivity index (χ1) is 16.9. The molecule has 186 valence electrons. The molecule has 0 bridgehead atoms. The van der Waals surface area contributed by atoms with E-state index in [2.05, 4.69) is 39.5 Å². The summed E-state index contributed by atoms with van der Waals surface area (Å²) in [6.45, 7) is 7.47. The fourth-order valence-corrected chi connectivity index (χ4v) is 6.46. The van der Waals surface area contributed by atoms with Gasteiger partial charge in [0.15, 0.2) is 0 Å². The topological polar surface area (TPSA) is 54.5 Å². The van der Waals surface area contributed by atoms with Crippen molar-refractivity contribution in [2.75, 3.05) is 37.6 Å². The van der Waals surface area contributed by atoms with Crippen molar-refractivity contribution in [3.05, 3.63) is 64.3 Å². The second kappa shape index (κ2) is 10.0. The fraction of sp³-hybridized carbons (Fsp3) is 0.464. The van der Waals surface area contributed by atoms with Gasteiger partial charge in [-0.2, -0.15) is 0 Å². The second-order valence-corrected chi connectivity index (χ2v) is 11.2. The lowest BCUT2D eigenvalue weighted by Crippen LogP contribution is -2.47. The van der Waals surface area contributed by atoms with Gasteiger partial charge < -0.3 is 15.2 Å². The molecule has 1 aromatic heterocycles. The summed E-state index contributed by atoms with van der Waals surface area (Å²) < 4.78 is 2.22. The van der Waals surface area contributed by atoms with Gasteiger partial charge in [-0.05, 0) is 75.8 Å². The zero-order chi connectivity index (χ0) is 24.6. The van der Waals surface area contributed by atoms with E-state index in [4.69, 9.17) is 28.9 Å². The first kappa shape index (κ1) is 24.5. The molecule has 1 aliphatic carbocycles. The van der Waals surface area contributed by atoms with E-state index in [1.165, 1.54) is 19.3 Å². The van der Waals surface area contributed by atoms with E-state index in [0.717, 1.165) is 68.1 Å². The predicted molar refractivity (Wildman–Crippen MR) is 146 cm³/mol. The molecule has 7 heteroatoms. The first-order valence-corrected chi connectivity index (χ1v) is 13.4. The molecule has 0 atom stereocenters. The predicted octanol–water partition coefficient (Wildman–Crippen LogP) is 6.16. The van der Waals surface area contributed by atoms with Crippen LogP contribution in [0.25, 0.3) is 10.9 Å². The zero-order valence-corrected chi connectivity index (χ0v) is 21.9. The van der Waals surface area contributed by atoms with Gasteiger partial charge in [-0.25, -0.2) is 0 Å². The third-order valence-electron chi connectivity index (χ3n) is 8.18. The minimum absolute atomic E-state index is 0.0776. The second-order valence-electron chi connectivity index (χ2n) is 10.4. The smallest absolute Gasteiger partial charge is 0.265 e. The lowest BCUT2D eigenvalue weighted by Gasteiger charge is -2.41. The molecule has 2 N–H and O–H groups in total. The van der Waals surface area contributed by atoms with E-state index in [0.29, 0.717) is 15.7 Å². The van der Waals surface area contributed by atoms with Crippen LogP contribution >= 0.6 is 23.2 Å². The van der Waals surface area contributed by atoms with Crippen LogP contribution in [0, 0.1) is 5.92 Å². The number of hydrogen-bond donors (Lipinski definition) is 1. The zero-order valence-electron chi connectivity index (χ0n) is 20.4. The number of anilines is 1. The molecule has 1 saturated carbocycles. The summed E-state index contributed by atoms with van der Waals surface area (Å²) in [6, 6.07) is 16.0. The highest BCUT2D eigenvalue weighted by molar-refractivity contribution is 6.43. The summed E-state index contributed by atoms with van der Waals surface area (Å²) in [5.41, 5.74) is 8.48. The van der Waals surface area contributed by atoms with Crippen molar-refractivity contribution in [2.24, 2.45) is 11.7 Å². The molecule has 35 heavy (non-hydrogen) atoms. The molecule has 0 radical (unpaired) electrons. The molecule has 2 heterocycles. The standard InChI is InChI=1S/C28H34Cl2N4O/c1-28(34-23-7-3-2-5-21(23)19-25(34)27(31)35)12-9-20(10-13-28)11-14-32-15-17-33(18-16-32)24-8-4-6-22(29)26(24)30/h2-8,19-20H,9-18H2,1H3,(H2,31,35). The molecule has 1 aliphatic heterocycles. The van der Waals surface area contributed by atoms with Crippen LogP contribution in [-0.4, -0.2) is 48.1 Å². The Morgan fingerprint density at radius 1 is 1.03 bits per heavy atom. The average Bonchev–Trinajstić information content (AvgIpc) is 3.27. The maximum Gasteiger partial charge on any atom is 0.265 e. The molecule has 5 rings (SSSR count). The Morgan fingerprint density at radius 2 is 1.74 bits per heavy atom. The number of nitrogens with zero attached hydrogens (tertiary/aromatic N) is 3. The van der Waals surface area contributed by atoms with Gasteiger partial charge in [-0.3, -0.25) is 9.69 Å². The lowest BCUT2D eigenvalue weighted by molar-refractivity contribution is 0.0970. The van der Waals surface area contributed by atoms with Gasteiger partial charge in [0.1, 0.15) is 5.69 Å². The molecule has 1 saturated heterocycles. The third kappa shape index (κ3) is 4.91. The summed E-state index contributed by atoms with van der Waals surface area (Å²) in [7, 11) is 0. The highest BCUT2D eigenvalue weighted by atomic mass is 35.5. The quantitative estimate of drug-likeness (QED) is 0.429. The van der Waals surface area contributed by atoms with Crippen LogP contribution < -0.4 is 10.6 Å². The number of para-hydroxylation sites is 1. The van der Waals surface area contributed by atoms with Gasteiger partial charge in [0.05, 0.1) is 15.7 Å². The molecule has 2 aliphatic rings. The van der Waals surface area contributed by atoms with Crippen LogP contribution in [0.2, 0.25) is 10.0 Å². The molecule has 0 unspecified atom stereocenters. The summed E-state index contributed by atoms with van der Waals surface area (Å²) >= 11 is 12.6. The average molecular weight is 514 g/mol. The molecule has 1 amide bonds. The van der Waals surface area contributed by atoms with Crippen molar-refractivity contribution in [2.45, 2.75) is 44.6 Å². The van der Waals surface area contributed by atoms with Crippen molar-refractivity contribution in [3.63, 3.8) is 0 Å². The molecular formula is C28H34Cl2N4O. The van der Waals surface area contributed by atoms with Crippen LogP contribution in [0.1, 0.15) is 49.5 Å². The number of aromatic nitrogens is 1. The number of nitrogens with two attached hydrogens (primary N) is 1. The van der Waals surface area contributed by atoms with Crippen LogP contribution in [-0.2, 0) is 5.54 Å². The highest BCUT2D eigenvalue weighted by Gasteiger charge is 2.36. The van der Waals surface area contributed by atoms with E-state index < -0.39 is 0 Å². The Bertz CT molecular complexity index is 1210. The number of halogens is 2. The summed E-state index contributed by atoms with van der Waals surface area (Å²) in [4.78, 5) is 17.2. The van der Waals surface area contributed by atoms with E-state index in [1.54, 1.807) is 0 Å². The normalized spacial score (nSPS) is 23.6. The number of hydrogen-bond acceptors (Lipinski definition) is 3. The van der Waals surface area contributed by atoms with E-state index in [9.17, 15) is 4.79 Å². The van der Waals surface area contributed by atoms with E-state index >= 15 is 0 Å². The monoisotopic (exact) mass is 512 g/mol. The number of piperazine rings is 1. The largest absolute Gasteiger partial charge is 0.368 e. The molecule has 0 spiro atoms. The Kier molecular flexibility index (Phi) is 7.02. The van der Waals surface area contributed by atoms with Crippen molar-refractivity contribution >= 4 is 45.7 Å². The van der Waals surface area contributed by atoms with Gasteiger partial charge >= 0.3 is 0 Å². The van der Waals surface area contributed by atoms with E-state index in [-0.39, 0.29) is 11.4 Å². The van der Waals surface area contributed by atoms with Gasteiger partial charge in [-0.1, -0.05) is 47.5 Å². The van der Waals surface area contributed by atoms with Gasteiger partial charge in [0.2, 0.25) is 0 Å². The summed E-state index contributed by atoms with van der Waals surface area (Å²) in [5, 5.41) is 2.36. The minimum Gasteiger partial charge on any atom is -0.368 e. The van der Waals surface area contributed by atoms with Crippen LogP contribution in [0.4, 0.5) is 5.69 Å². The SMILES string of the molecule is CC1(n2c(C(N)=O)cc3ccccc32)CCC(CCN2CCN(c3cccc(Cl)c3Cl)CC2)CC1. The maximum absolute atomic E-state index is 12.2. The van der Waals surface area contributed by atoms with Gasteiger partial charge in [-0.15, -0.1) is 0 Å². The van der Waals surface area contributed by atoms with Crippen molar-refractivity contribution in [1.29, 1.82) is 0 Å². The Labute approximate surface area is 217 Å². The fourth-order valence-electron chi connectivity index (χ4n) is 6.04. The number of primary amides is 1. The highest BCUT2D eigenvalue weighted by Crippen LogP contribution is 2.42. The van der Waals surface area contributed by atoms with Crippen LogP contribution in [0.15, 0.2) is 48.5 Å². The molecule has 2 fully saturated rings. The Hall–Kier alpha value is -2.21. The molecule has 2 aromatic carbocycles. The minimum atomic E-state index is -0.345. The van der Waals surface area contributed by atoms with E-state index in [1.807, 2.05) is 30.3 Å². The molecule has 3 aromatic rings. The number of carbonyl (C=O) groups excluding carboxylic acids is 1. The third-order valence-corrected chi connectivity index (χ3v) is 8.99. The Balaban J connectivity index is 1.16. The van der Waals surface area contributed by atoms with Crippen LogP contribution in [0.5, 0.6) is 0 Å². The number of carbonyl (C=O) groups is 1. The number of amides is 1. The van der Waals surface area contributed by atoms with Crippen molar-refractivity contribution < 1.29 is 4.79 Å². The first-order valence-electron chi connectivity index (χ1n) is 12.7. The molecular weight excluding hydrogens is 479 g/mol. The Morgan fingerprint density at radius 3 is 2.46 bits per heavy atom. The molecule has 5 nitrogen and oxygen atoms in total. The van der Waals surface area contributed by atoms with Crippen molar-refractivity contribution in [3.8, 4) is 0 Å². The lowest BCUT2D eigenvalue weighted by atomic mass is 9.76. The maximum atomic E-state index is 12.2. The summed E-state index contributed by atoms with van der Waals surface area (Å²) in [6.07, 6.45) is 5.72. The summed E-state index contributed by atoms with van der Waals surface area (Å²) in [5.74, 6) is 0.380. The number of rotatable bonds is 6. The van der Waals surface area contributed by atoms with Crippen LogP contribution in [0.3, 0.4) is 0 Å². The van der Waals surface area contributed by atoms with Gasteiger partial charge in [0, 0.05) is 42.6 Å². The number of benzene rings is 2. The van der Waals surface area contributed by atoms with Gasteiger partial charge in [0.25, 0.3) is 5.91 Å². The van der Waals surface area contributed by atoms with Crippen molar-refractivity contribution in [1.82, 2.24) is 9.47 Å².